The van der Waals surface area contributed by atoms with E-state index in [1.807, 2.05) is 10.8 Å². The molecule has 1 heterocycles. The van der Waals surface area contributed by atoms with Gasteiger partial charge in [-0.25, -0.2) is 4.98 Å². The third-order valence-corrected chi connectivity index (χ3v) is 2.05. The topological polar surface area (TPSA) is 29.9 Å². The first-order valence-electron chi connectivity index (χ1n) is 4.72. The van der Waals surface area contributed by atoms with E-state index in [0.717, 1.165) is 17.9 Å². The molecule has 0 saturated heterocycles. The molecule has 2 aromatic rings. The maximum absolute atomic E-state index is 4.00. The van der Waals surface area contributed by atoms with Gasteiger partial charge < -0.3 is 9.88 Å². The lowest BCUT2D eigenvalue weighted by molar-refractivity contribution is 1.06. The van der Waals surface area contributed by atoms with Crippen LogP contribution in [0.5, 0.6) is 0 Å². The molecule has 1 aromatic heterocycles. The Morgan fingerprint density at radius 2 is 2.07 bits per heavy atom. The van der Waals surface area contributed by atoms with E-state index >= 15 is 0 Å². The summed E-state index contributed by atoms with van der Waals surface area (Å²) in [6.45, 7) is 3.04. The highest BCUT2D eigenvalue weighted by Crippen LogP contribution is 2.12. The second-order valence-corrected chi connectivity index (χ2v) is 3.05. The van der Waals surface area contributed by atoms with Crippen LogP contribution in [0.4, 0.5) is 5.69 Å². The Bertz CT molecular complexity index is 375. The summed E-state index contributed by atoms with van der Waals surface area (Å²) in [6, 6.07) is 8.27. The highest BCUT2D eigenvalue weighted by molar-refractivity contribution is 5.48. The molecule has 2 rings (SSSR count). The van der Waals surface area contributed by atoms with Gasteiger partial charge in [-0.15, -0.1) is 0 Å². The summed E-state index contributed by atoms with van der Waals surface area (Å²) < 4.78 is 1.98. The fourth-order valence-electron chi connectivity index (χ4n) is 1.37. The predicted molar refractivity (Wildman–Crippen MR) is 57.7 cm³/mol. The second kappa shape index (κ2) is 3.96. The van der Waals surface area contributed by atoms with Crippen molar-refractivity contribution in [2.24, 2.45) is 0 Å². The molecule has 0 atom stereocenters. The lowest BCUT2D eigenvalue weighted by atomic mass is 10.3. The molecule has 0 unspecified atom stereocenters. The van der Waals surface area contributed by atoms with Crippen LogP contribution in [0.2, 0.25) is 0 Å². The van der Waals surface area contributed by atoms with Crippen molar-refractivity contribution in [3.8, 4) is 5.69 Å². The predicted octanol–water partition coefficient (Wildman–Crippen LogP) is 2.30. The van der Waals surface area contributed by atoms with E-state index in [1.54, 1.807) is 12.5 Å². The monoisotopic (exact) mass is 187 g/mol. The normalized spacial score (nSPS) is 10.1. The van der Waals surface area contributed by atoms with Crippen LogP contribution in [0.15, 0.2) is 43.0 Å². The Balaban J connectivity index is 2.22. The van der Waals surface area contributed by atoms with Gasteiger partial charge in [0.1, 0.15) is 0 Å². The summed E-state index contributed by atoms with van der Waals surface area (Å²) in [6.07, 6.45) is 5.50. The first kappa shape index (κ1) is 8.81. The van der Waals surface area contributed by atoms with Gasteiger partial charge in [0.2, 0.25) is 0 Å². The lowest BCUT2D eigenvalue weighted by Crippen LogP contribution is -1.96. The molecule has 72 valence electrons. The number of rotatable bonds is 3. The molecule has 0 aliphatic carbocycles. The van der Waals surface area contributed by atoms with Crippen molar-refractivity contribution >= 4 is 5.69 Å². The number of imidazole rings is 1. The van der Waals surface area contributed by atoms with E-state index in [4.69, 9.17) is 0 Å². The zero-order valence-corrected chi connectivity index (χ0v) is 8.14. The zero-order chi connectivity index (χ0) is 9.80. The van der Waals surface area contributed by atoms with Crippen LogP contribution in [0.25, 0.3) is 5.69 Å². The Kier molecular flexibility index (Phi) is 2.49. The molecule has 0 aliphatic rings. The molecule has 1 N–H and O–H groups in total. The van der Waals surface area contributed by atoms with Crippen LogP contribution in [0, 0.1) is 0 Å². The van der Waals surface area contributed by atoms with Crippen LogP contribution < -0.4 is 5.32 Å². The summed E-state index contributed by atoms with van der Waals surface area (Å²) in [5.41, 5.74) is 2.28. The van der Waals surface area contributed by atoms with Crippen LogP contribution in [-0.2, 0) is 0 Å². The van der Waals surface area contributed by atoms with Crippen molar-refractivity contribution in [1.29, 1.82) is 0 Å². The molecule has 0 bridgehead atoms. The minimum atomic E-state index is 0.949. The zero-order valence-electron chi connectivity index (χ0n) is 8.14. The quantitative estimate of drug-likeness (QED) is 0.799. The van der Waals surface area contributed by atoms with Crippen LogP contribution >= 0.6 is 0 Å². The van der Waals surface area contributed by atoms with Gasteiger partial charge in [-0.05, 0) is 31.2 Å². The number of nitrogens with one attached hydrogen (secondary N) is 1. The SMILES string of the molecule is CCNc1ccc(-n2ccnc2)cc1. The third-order valence-electron chi connectivity index (χ3n) is 2.05. The van der Waals surface area contributed by atoms with Gasteiger partial charge in [0.05, 0.1) is 6.33 Å². The highest BCUT2D eigenvalue weighted by atomic mass is 15.0. The maximum Gasteiger partial charge on any atom is 0.0991 e. The Morgan fingerprint density at radius 3 is 2.64 bits per heavy atom. The van der Waals surface area contributed by atoms with Crippen molar-refractivity contribution in [2.45, 2.75) is 6.92 Å². The summed E-state index contributed by atoms with van der Waals surface area (Å²) in [5.74, 6) is 0. The van der Waals surface area contributed by atoms with Gasteiger partial charge in [-0.2, -0.15) is 0 Å². The van der Waals surface area contributed by atoms with E-state index in [1.165, 1.54) is 0 Å². The average molecular weight is 187 g/mol. The van der Waals surface area contributed by atoms with Crippen molar-refractivity contribution in [1.82, 2.24) is 9.55 Å². The Labute approximate surface area is 83.4 Å². The van der Waals surface area contributed by atoms with E-state index in [2.05, 4.69) is 41.5 Å². The van der Waals surface area contributed by atoms with Crippen LogP contribution in [0.1, 0.15) is 6.92 Å². The molecule has 0 spiro atoms. The summed E-state index contributed by atoms with van der Waals surface area (Å²) in [7, 11) is 0. The van der Waals surface area contributed by atoms with Gasteiger partial charge >= 0.3 is 0 Å². The smallest absolute Gasteiger partial charge is 0.0991 e. The third kappa shape index (κ3) is 1.76. The standard InChI is InChI=1S/C11H13N3/c1-2-13-10-3-5-11(6-4-10)14-8-7-12-9-14/h3-9,13H,2H2,1H3. The van der Waals surface area contributed by atoms with Gasteiger partial charge in [-0.3, -0.25) is 0 Å². The van der Waals surface area contributed by atoms with E-state index in [-0.39, 0.29) is 0 Å². The maximum atomic E-state index is 4.00. The molecule has 0 fully saturated rings. The molecule has 1 aromatic carbocycles. The lowest BCUT2D eigenvalue weighted by Gasteiger charge is -2.05. The average Bonchev–Trinajstić information content (AvgIpc) is 2.72. The van der Waals surface area contributed by atoms with Crippen LogP contribution in [0.3, 0.4) is 0 Å². The van der Waals surface area contributed by atoms with Gasteiger partial charge in [0.15, 0.2) is 0 Å². The van der Waals surface area contributed by atoms with E-state index < -0.39 is 0 Å². The highest BCUT2D eigenvalue weighted by Gasteiger charge is 1.94. The van der Waals surface area contributed by atoms with Crippen LogP contribution in [-0.4, -0.2) is 16.1 Å². The van der Waals surface area contributed by atoms with Gasteiger partial charge in [-0.1, -0.05) is 0 Å². The molecule has 0 amide bonds. The second-order valence-electron chi connectivity index (χ2n) is 3.05. The number of anilines is 1. The Hall–Kier alpha value is -1.77. The number of hydrogen-bond acceptors (Lipinski definition) is 2. The molecule has 0 aliphatic heterocycles. The molecular formula is C11H13N3. The largest absolute Gasteiger partial charge is 0.385 e. The number of benzene rings is 1. The minimum Gasteiger partial charge on any atom is -0.385 e. The van der Waals surface area contributed by atoms with Gasteiger partial charge in [0, 0.05) is 30.3 Å². The van der Waals surface area contributed by atoms with Gasteiger partial charge in [0.25, 0.3) is 0 Å². The molecule has 0 saturated carbocycles. The van der Waals surface area contributed by atoms with E-state index in [9.17, 15) is 0 Å². The fourth-order valence-corrected chi connectivity index (χ4v) is 1.37. The summed E-state index contributed by atoms with van der Waals surface area (Å²) >= 11 is 0. The van der Waals surface area contributed by atoms with Crippen molar-refractivity contribution < 1.29 is 0 Å². The first-order valence-corrected chi connectivity index (χ1v) is 4.72. The Morgan fingerprint density at radius 1 is 1.29 bits per heavy atom. The van der Waals surface area contributed by atoms with Crippen molar-refractivity contribution in [2.75, 3.05) is 11.9 Å². The number of hydrogen-bond donors (Lipinski definition) is 1. The molecular weight excluding hydrogens is 174 g/mol. The number of aromatic nitrogens is 2. The molecule has 0 radical (unpaired) electrons. The van der Waals surface area contributed by atoms with Crippen molar-refractivity contribution in [3.63, 3.8) is 0 Å². The fraction of sp³-hybridized carbons (Fsp3) is 0.182. The first-order chi connectivity index (χ1) is 6.90. The minimum absolute atomic E-state index is 0.949. The molecule has 3 heteroatoms. The molecule has 14 heavy (non-hydrogen) atoms. The van der Waals surface area contributed by atoms with Crippen molar-refractivity contribution in [3.05, 3.63) is 43.0 Å². The summed E-state index contributed by atoms with van der Waals surface area (Å²) in [4.78, 5) is 4.00. The number of nitrogens with zero attached hydrogens (tertiary/aromatic N) is 2. The van der Waals surface area contributed by atoms with E-state index in [0.29, 0.717) is 0 Å². The summed E-state index contributed by atoms with van der Waals surface area (Å²) in [5, 5.41) is 3.26. The molecule has 3 nitrogen and oxygen atoms in total.